The van der Waals surface area contributed by atoms with E-state index in [1.54, 1.807) is 17.2 Å². The van der Waals surface area contributed by atoms with Gasteiger partial charge in [-0.1, -0.05) is 35.2 Å². The fourth-order valence-electron chi connectivity index (χ4n) is 2.60. The molecule has 2 heterocycles. The zero-order chi connectivity index (χ0) is 20.6. The highest BCUT2D eigenvalue weighted by Crippen LogP contribution is 2.29. The summed E-state index contributed by atoms with van der Waals surface area (Å²) in [5.74, 6) is 0.850. The summed E-state index contributed by atoms with van der Waals surface area (Å²) in [5.41, 5.74) is 3.36. The number of benzene rings is 1. The van der Waals surface area contributed by atoms with Crippen molar-refractivity contribution in [2.75, 3.05) is 17.6 Å². The molecule has 9 heteroatoms. The van der Waals surface area contributed by atoms with E-state index in [1.165, 1.54) is 28.7 Å². The van der Waals surface area contributed by atoms with E-state index in [9.17, 15) is 4.79 Å². The van der Waals surface area contributed by atoms with Crippen molar-refractivity contribution in [3.8, 4) is 6.07 Å². The van der Waals surface area contributed by atoms with Crippen molar-refractivity contribution < 1.29 is 9.21 Å². The highest BCUT2D eigenvalue weighted by atomic mass is 32.2. The maximum absolute atomic E-state index is 12.6. The second-order valence-corrected chi connectivity index (χ2v) is 8.54. The van der Waals surface area contributed by atoms with Crippen LogP contribution in [-0.2, 0) is 11.3 Å². The predicted octanol–water partition coefficient (Wildman–Crippen LogP) is 4.53. The number of nitriles is 1. The molecule has 0 atom stereocenters. The average molecular weight is 428 g/mol. The summed E-state index contributed by atoms with van der Waals surface area (Å²) in [7, 11) is 0. The van der Waals surface area contributed by atoms with Gasteiger partial charge in [-0.05, 0) is 43.2 Å². The fourth-order valence-corrected chi connectivity index (χ4v) is 4.27. The summed E-state index contributed by atoms with van der Waals surface area (Å²) in [6.07, 6.45) is 1.85. The molecular weight excluding hydrogens is 406 g/mol. The molecule has 0 aliphatic carbocycles. The van der Waals surface area contributed by atoms with Gasteiger partial charge in [-0.2, -0.15) is 5.26 Å². The number of aryl methyl sites for hydroxylation is 1. The second-order valence-electron chi connectivity index (χ2n) is 6.34. The molecule has 0 bridgehead atoms. The zero-order valence-electron chi connectivity index (χ0n) is 16.2. The molecule has 3 rings (SSSR count). The minimum atomic E-state index is -0.0686. The van der Waals surface area contributed by atoms with Gasteiger partial charge in [0.1, 0.15) is 5.76 Å². The van der Waals surface area contributed by atoms with E-state index < -0.39 is 0 Å². The van der Waals surface area contributed by atoms with Crippen molar-refractivity contribution in [3.63, 3.8) is 0 Å². The van der Waals surface area contributed by atoms with Crippen molar-refractivity contribution in [3.05, 3.63) is 53.5 Å². The van der Waals surface area contributed by atoms with Crippen LogP contribution >= 0.6 is 23.1 Å². The summed E-state index contributed by atoms with van der Waals surface area (Å²) in [6.45, 7) is 4.84. The molecule has 7 nitrogen and oxygen atoms in total. The summed E-state index contributed by atoms with van der Waals surface area (Å²) in [6, 6.07) is 11.7. The topological polar surface area (TPSA) is 95.0 Å². The Bertz CT molecular complexity index is 995. The molecule has 3 aromatic rings. The van der Waals surface area contributed by atoms with Gasteiger partial charge in [-0.3, -0.25) is 4.79 Å². The van der Waals surface area contributed by atoms with Gasteiger partial charge in [0.05, 0.1) is 31.1 Å². The lowest BCUT2D eigenvalue weighted by Gasteiger charge is -2.19. The Balaban J connectivity index is 1.57. The first kappa shape index (κ1) is 20.9. The smallest absolute Gasteiger partial charge is 0.233 e. The number of rotatable bonds is 9. The molecule has 0 aliphatic heterocycles. The van der Waals surface area contributed by atoms with Crippen LogP contribution in [0.15, 0.2) is 45.4 Å². The SMILES string of the molecule is Cc1cccc(Nc2nnc(SCC(=O)N(CCC#N)Cc3ccco3)s2)c1C. The largest absolute Gasteiger partial charge is 0.467 e. The Morgan fingerprint density at radius 3 is 2.93 bits per heavy atom. The lowest BCUT2D eigenvalue weighted by atomic mass is 10.1. The van der Waals surface area contributed by atoms with E-state index in [1.807, 2.05) is 18.2 Å². The minimum Gasteiger partial charge on any atom is -0.467 e. The molecule has 2 aromatic heterocycles. The van der Waals surface area contributed by atoms with Crippen LogP contribution in [-0.4, -0.2) is 33.3 Å². The number of amides is 1. The number of nitrogens with zero attached hydrogens (tertiary/aromatic N) is 4. The predicted molar refractivity (Wildman–Crippen MR) is 114 cm³/mol. The molecule has 0 saturated heterocycles. The van der Waals surface area contributed by atoms with Crippen molar-refractivity contribution >= 4 is 39.8 Å². The second kappa shape index (κ2) is 10.1. The number of thioether (sulfide) groups is 1. The number of hydrogen-bond acceptors (Lipinski definition) is 8. The summed E-state index contributed by atoms with van der Waals surface area (Å²) in [5, 5.41) is 21.2. The molecule has 1 amide bonds. The van der Waals surface area contributed by atoms with E-state index in [2.05, 4.69) is 41.5 Å². The van der Waals surface area contributed by atoms with Gasteiger partial charge in [0, 0.05) is 12.2 Å². The van der Waals surface area contributed by atoms with Crippen LogP contribution in [0.4, 0.5) is 10.8 Å². The average Bonchev–Trinajstić information content (AvgIpc) is 3.39. The number of aromatic nitrogens is 2. The summed E-state index contributed by atoms with van der Waals surface area (Å²) in [4.78, 5) is 14.3. The van der Waals surface area contributed by atoms with Crippen molar-refractivity contribution in [1.29, 1.82) is 5.26 Å². The first-order valence-electron chi connectivity index (χ1n) is 9.03. The van der Waals surface area contributed by atoms with E-state index in [0.717, 1.165) is 11.3 Å². The molecule has 0 aliphatic rings. The molecule has 0 radical (unpaired) electrons. The summed E-state index contributed by atoms with van der Waals surface area (Å²) >= 11 is 2.75. The monoisotopic (exact) mass is 427 g/mol. The molecule has 0 spiro atoms. The molecule has 0 fully saturated rings. The maximum Gasteiger partial charge on any atom is 0.233 e. The number of anilines is 2. The van der Waals surface area contributed by atoms with E-state index >= 15 is 0 Å². The number of hydrogen-bond donors (Lipinski definition) is 1. The zero-order valence-corrected chi connectivity index (χ0v) is 17.8. The van der Waals surface area contributed by atoms with Gasteiger partial charge in [-0.25, -0.2) is 0 Å². The first-order valence-corrected chi connectivity index (χ1v) is 10.8. The van der Waals surface area contributed by atoms with Crippen molar-refractivity contribution in [1.82, 2.24) is 15.1 Å². The first-order chi connectivity index (χ1) is 14.1. The molecule has 150 valence electrons. The third-order valence-electron chi connectivity index (χ3n) is 4.34. The van der Waals surface area contributed by atoms with Gasteiger partial charge in [-0.15, -0.1) is 10.2 Å². The Kier molecular flexibility index (Phi) is 7.27. The van der Waals surface area contributed by atoms with Crippen molar-refractivity contribution in [2.24, 2.45) is 0 Å². The number of carbonyl (C=O) groups excluding carboxylic acids is 1. The third-order valence-corrected chi connectivity index (χ3v) is 6.30. The van der Waals surface area contributed by atoms with E-state index in [0.29, 0.717) is 28.3 Å². The van der Waals surface area contributed by atoms with Crippen LogP contribution in [0.1, 0.15) is 23.3 Å². The van der Waals surface area contributed by atoms with Gasteiger partial charge >= 0.3 is 0 Å². The van der Waals surface area contributed by atoms with Crippen LogP contribution in [0.3, 0.4) is 0 Å². The maximum atomic E-state index is 12.6. The Labute approximate surface area is 177 Å². The lowest BCUT2D eigenvalue weighted by Crippen LogP contribution is -2.32. The van der Waals surface area contributed by atoms with E-state index in [4.69, 9.17) is 9.68 Å². The van der Waals surface area contributed by atoms with Gasteiger partial charge in [0.25, 0.3) is 0 Å². The molecule has 1 N–H and O–H groups in total. The van der Waals surface area contributed by atoms with Crippen LogP contribution in [0.5, 0.6) is 0 Å². The number of nitrogens with one attached hydrogen (secondary N) is 1. The summed E-state index contributed by atoms with van der Waals surface area (Å²) < 4.78 is 6.04. The van der Waals surface area contributed by atoms with Crippen molar-refractivity contribution in [2.45, 2.75) is 31.2 Å². The highest BCUT2D eigenvalue weighted by Gasteiger charge is 2.17. The Morgan fingerprint density at radius 1 is 1.31 bits per heavy atom. The Hall–Kier alpha value is -2.83. The normalized spacial score (nSPS) is 10.5. The third kappa shape index (κ3) is 5.82. The fraction of sp³-hybridized carbons (Fsp3) is 0.300. The number of carbonyl (C=O) groups is 1. The lowest BCUT2D eigenvalue weighted by molar-refractivity contribution is -0.129. The Morgan fingerprint density at radius 2 is 2.17 bits per heavy atom. The minimum absolute atomic E-state index is 0.0686. The van der Waals surface area contributed by atoms with Crippen LogP contribution in [0, 0.1) is 25.2 Å². The molecule has 0 saturated carbocycles. The van der Waals surface area contributed by atoms with Gasteiger partial charge in [0.15, 0.2) is 4.34 Å². The molecule has 0 unspecified atom stereocenters. The van der Waals surface area contributed by atoms with Crippen LogP contribution in [0.2, 0.25) is 0 Å². The standard InChI is InChI=1S/C20H21N5O2S2/c1-14-6-3-8-17(15(14)2)22-19-23-24-20(29-19)28-13-18(26)25(10-5-9-21)12-16-7-4-11-27-16/h3-4,6-8,11H,5,10,12-13H2,1-2H3,(H,22,23). The number of furan rings is 1. The van der Waals surface area contributed by atoms with Gasteiger partial charge < -0.3 is 14.6 Å². The van der Waals surface area contributed by atoms with E-state index in [-0.39, 0.29) is 18.1 Å². The molecule has 29 heavy (non-hydrogen) atoms. The molecule has 1 aromatic carbocycles. The molecular formula is C20H21N5O2S2. The van der Waals surface area contributed by atoms with Crippen LogP contribution in [0.25, 0.3) is 0 Å². The highest BCUT2D eigenvalue weighted by molar-refractivity contribution is 8.01. The quantitative estimate of drug-likeness (QED) is 0.501. The van der Waals surface area contributed by atoms with Gasteiger partial charge in [0.2, 0.25) is 11.0 Å². The van der Waals surface area contributed by atoms with Crippen LogP contribution < -0.4 is 5.32 Å².